The summed E-state index contributed by atoms with van der Waals surface area (Å²) in [6, 6.07) is 8.54. The van der Waals surface area contributed by atoms with Crippen LogP contribution < -0.4 is 11.1 Å². The summed E-state index contributed by atoms with van der Waals surface area (Å²) in [6.07, 6.45) is 3.56. The third-order valence-electron chi connectivity index (χ3n) is 4.13. The molecule has 0 saturated carbocycles. The Labute approximate surface area is 123 Å². The van der Waals surface area contributed by atoms with Crippen molar-refractivity contribution in [3.05, 3.63) is 46.8 Å². The predicted octanol–water partition coefficient (Wildman–Crippen LogP) is 1.84. The maximum Gasteiger partial charge on any atom is 0.274 e. The molecule has 2 aromatic rings. The number of H-pyrrole nitrogens is 1. The topological polar surface area (TPSA) is 83.8 Å². The highest BCUT2D eigenvalue weighted by atomic mass is 16.2. The first-order valence-corrected chi connectivity index (χ1v) is 7.39. The maximum atomic E-state index is 12.3. The number of hydrogen-bond donors (Lipinski definition) is 3. The standard InChI is InChI=1S/C16H20N4O/c1-2-13-14(17)15(20-19-13)16(21)18-12-8-7-10-5-3-4-6-11(10)9-12/h3-6,12H,2,7-9,17H2,1H3,(H,18,21)(H,19,20). The van der Waals surface area contributed by atoms with Gasteiger partial charge in [-0.1, -0.05) is 31.2 Å². The molecule has 0 radical (unpaired) electrons. The average molecular weight is 284 g/mol. The SMILES string of the molecule is CCc1[nH]nc(C(=O)NC2CCc3ccccc3C2)c1N. The van der Waals surface area contributed by atoms with Gasteiger partial charge in [-0.2, -0.15) is 5.10 Å². The molecule has 1 heterocycles. The van der Waals surface area contributed by atoms with E-state index in [1.54, 1.807) is 0 Å². The lowest BCUT2D eigenvalue weighted by molar-refractivity contribution is 0.0929. The summed E-state index contributed by atoms with van der Waals surface area (Å²) in [4.78, 5) is 12.3. The molecule has 0 bridgehead atoms. The van der Waals surface area contributed by atoms with Gasteiger partial charge in [0.15, 0.2) is 5.69 Å². The van der Waals surface area contributed by atoms with Crippen LogP contribution in [0.25, 0.3) is 0 Å². The van der Waals surface area contributed by atoms with Crippen molar-refractivity contribution < 1.29 is 4.79 Å². The number of amides is 1. The zero-order valence-electron chi connectivity index (χ0n) is 12.1. The Balaban J connectivity index is 1.70. The summed E-state index contributed by atoms with van der Waals surface area (Å²) < 4.78 is 0. The van der Waals surface area contributed by atoms with Crippen LogP contribution in [0.5, 0.6) is 0 Å². The number of aromatic amines is 1. The van der Waals surface area contributed by atoms with Gasteiger partial charge >= 0.3 is 0 Å². The van der Waals surface area contributed by atoms with Gasteiger partial charge in [-0.25, -0.2) is 0 Å². The first-order chi connectivity index (χ1) is 10.2. The van der Waals surface area contributed by atoms with Gasteiger partial charge < -0.3 is 11.1 Å². The number of nitrogens with one attached hydrogen (secondary N) is 2. The third kappa shape index (κ3) is 2.63. The van der Waals surface area contributed by atoms with Crippen molar-refractivity contribution in [2.75, 3.05) is 5.73 Å². The van der Waals surface area contributed by atoms with Gasteiger partial charge in [-0.05, 0) is 36.8 Å². The number of nitrogens with zero attached hydrogens (tertiary/aromatic N) is 1. The summed E-state index contributed by atoms with van der Waals surface area (Å²) in [6.45, 7) is 1.98. The summed E-state index contributed by atoms with van der Waals surface area (Å²) in [7, 11) is 0. The zero-order chi connectivity index (χ0) is 14.8. The minimum absolute atomic E-state index is 0.147. The molecule has 0 spiro atoms. The van der Waals surface area contributed by atoms with Crippen LogP contribution in [-0.2, 0) is 19.3 Å². The third-order valence-corrected chi connectivity index (χ3v) is 4.13. The molecule has 0 saturated heterocycles. The van der Waals surface area contributed by atoms with Gasteiger partial charge in [0.05, 0.1) is 11.4 Å². The molecule has 0 aliphatic heterocycles. The number of hydrogen-bond acceptors (Lipinski definition) is 3. The number of nitrogen functional groups attached to an aromatic ring is 1. The molecule has 1 aliphatic rings. The van der Waals surface area contributed by atoms with Crippen molar-refractivity contribution in [2.45, 2.75) is 38.6 Å². The first-order valence-electron chi connectivity index (χ1n) is 7.39. The monoisotopic (exact) mass is 284 g/mol. The Hall–Kier alpha value is -2.30. The maximum absolute atomic E-state index is 12.3. The Bertz CT molecular complexity index is 662. The van der Waals surface area contributed by atoms with Gasteiger partial charge in [0.1, 0.15) is 0 Å². The zero-order valence-corrected chi connectivity index (χ0v) is 12.1. The van der Waals surface area contributed by atoms with Crippen molar-refractivity contribution in [1.82, 2.24) is 15.5 Å². The van der Waals surface area contributed by atoms with Gasteiger partial charge in [-0.15, -0.1) is 0 Å². The van der Waals surface area contributed by atoms with E-state index in [1.165, 1.54) is 11.1 Å². The molecule has 21 heavy (non-hydrogen) atoms. The number of anilines is 1. The second kappa shape index (κ2) is 5.60. The van der Waals surface area contributed by atoms with E-state index in [4.69, 9.17) is 5.73 Å². The number of aromatic nitrogens is 2. The number of carbonyl (C=O) groups excluding carboxylic acids is 1. The predicted molar refractivity (Wildman–Crippen MR) is 82.1 cm³/mol. The highest BCUT2D eigenvalue weighted by Crippen LogP contribution is 2.22. The number of nitrogens with two attached hydrogens (primary N) is 1. The summed E-state index contributed by atoms with van der Waals surface area (Å²) in [5.74, 6) is -0.187. The largest absolute Gasteiger partial charge is 0.395 e. The summed E-state index contributed by atoms with van der Waals surface area (Å²) in [5, 5.41) is 9.91. The van der Waals surface area contributed by atoms with E-state index in [-0.39, 0.29) is 11.9 Å². The van der Waals surface area contributed by atoms with E-state index < -0.39 is 0 Å². The van der Waals surface area contributed by atoms with Crippen LogP contribution in [0.3, 0.4) is 0 Å². The smallest absolute Gasteiger partial charge is 0.274 e. The van der Waals surface area contributed by atoms with E-state index in [0.717, 1.165) is 31.4 Å². The molecule has 0 fully saturated rings. The highest BCUT2D eigenvalue weighted by molar-refractivity contribution is 5.97. The van der Waals surface area contributed by atoms with E-state index in [9.17, 15) is 4.79 Å². The molecule has 1 aliphatic carbocycles. The number of rotatable bonds is 3. The molecule has 1 unspecified atom stereocenters. The molecule has 5 nitrogen and oxygen atoms in total. The number of fused-ring (bicyclic) bond motifs is 1. The normalized spacial score (nSPS) is 17.3. The second-order valence-corrected chi connectivity index (χ2v) is 5.50. The van der Waals surface area contributed by atoms with Crippen LogP contribution in [0.15, 0.2) is 24.3 Å². The van der Waals surface area contributed by atoms with Crippen LogP contribution in [0.2, 0.25) is 0 Å². The van der Waals surface area contributed by atoms with Crippen LogP contribution >= 0.6 is 0 Å². The molecule has 1 atom stereocenters. The lowest BCUT2D eigenvalue weighted by Gasteiger charge is -2.25. The van der Waals surface area contributed by atoms with Crippen molar-refractivity contribution in [2.24, 2.45) is 0 Å². The molecule has 5 heteroatoms. The average Bonchev–Trinajstić information content (AvgIpc) is 2.88. The highest BCUT2D eigenvalue weighted by Gasteiger charge is 2.23. The molecule has 4 N–H and O–H groups in total. The molecule has 1 amide bonds. The van der Waals surface area contributed by atoms with E-state index in [0.29, 0.717) is 11.4 Å². The second-order valence-electron chi connectivity index (χ2n) is 5.50. The Morgan fingerprint density at radius 2 is 2.19 bits per heavy atom. The quantitative estimate of drug-likeness (QED) is 0.804. The van der Waals surface area contributed by atoms with Gasteiger partial charge in [0.2, 0.25) is 0 Å². The van der Waals surface area contributed by atoms with Crippen molar-refractivity contribution >= 4 is 11.6 Å². The van der Waals surface area contributed by atoms with Crippen molar-refractivity contribution in [1.29, 1.82) is 0 Å². The fourth-order valence-electron chi connectivity index (χ4n) is 2.90. The van der Waals surface area contributed by atoms with E-state index in [2.05, 4.69) is 33.7 Å². The number of benzene rings is 1. The van der Waals surface area contributed by atoms with Crippen LogP contribution in [0.4, 0.5) is 5.69 Å². The first kappa shape index (κ1) is 13.7. The molecule has 1 aromatic carbocycles. The van der Waals surface area contributed by atoms with Crippen molar-refractivity contribution in [3.8, 4) is 0 Å². The fraction of sp³-hybridized carbons (Fsp3) is 0.375. The molecule has 1 aromatic heterocycles. The van der Waals surface area contributed by atoms with Crippen molar-refractivity contribution in [3.63, 3.8) is 0 Å². The minimum Gasteiger partial charge on any atom is -0.395 e. The van der Waals surface area contributed by atoms with Crippen LogP contribution in [-0.4, -0.2) is 22.1 Å². The van der Waals surface area contributed by atoms with E-state index >= 15 is 0 Å². The Morgan fingerprint density at radius 1 is 1.43 bits per heavy atom. The molecular formula is C16H20N4O. The number of carbonyl (C=O) groups is 1. The van der Waals surface area contributed by atoms with Gasteiger partial charge in [-0.3, -0.25) is 9.89 Å². The van der Waals surface area contributed by atoms with Gasteiger partial charge in [0.25, 0.3) is 5.91 Å². The molecule has 110 valence electrons. The number of aryl methyl sites for hydroxylation is 2. The summed E-state index contributed by atoms with van der Waals surface area (Å²) >= 11 is 0. The van der Waals surface area contributed by atoms with E-state index in [1.807, 2.05) is 13.0 Å². The summed E-state index contributed by atoms with van der Waals surface area (Å²) in [5.41, 5.74) is 10.2. The van der Waals surface area contributed by atoms with Gasteiger partial charge in [0, 0.05) is 6.04 Å². The molecule has 3 rings (SSSR count). The minimum atomic E-state index is -0.187. The van der Waals surface area contributed by atoms with Crippen LogP contribution in [0.1, 0.15) is 40.7 Å². The molecular weight excluding hydrogens is 264 g/mol. The lowest BCUT2D eigenvalue weighted by Crippen LogP contribution is -2.39. The van der Waals surface area contributed by atoms with Crippen LogP contribution in [0, 0.1) is 0 Å². The lowest BCUT2D eigenvalue weighted by atomic mass is 9.88. The Kier molecular flexibility index (Phi) is 3.64. The fourth-order valence-corrected chi connectivity index (χ4v) is 2.90. The Morgan fingerprint density at radius 3 is 2.90 bits per heavy atom.